The van der Waals surface area contributed by atoms with Crippen molar-refractivity contribution in [3.63, 3.8) is 0 Å². The molecule has 0 bridgehead atoms. The van der Waals surface area contributed by atoms with Crippen molar-refractivity contribution < 1.29 is 23.5 Å². The molecule has 7 heteroatoms. The van der Waals surface area contributed by atoms with Crippen LogP contribution < -0.4 is 10.1 Å². The molecule has 0 saturated heterocycles. The molecule has 4 aromatic rings. The Kier molecular flexibility index (Phi) is 6.23. The van der Waals surface area contributed by atoms with Crippen LogP contribution in [0.3, 0.4) is 0 Å². The third-order valence-corrected chi connectivity index (χ3v) is 4.38. The van der Waals surface area contributed by atoms with Crippen molar-refractivity contribution in [1.82, 2.24) is 4.98 Å². The van der Waals surface area contributed by atoms with Gasteiger partial charge in [0, 0.05) is 6.42 Å². The van der Waals surface area contributed by atoms with Crippen LogP contribution in [0, 0.1) is 0 Å². The second-order valence-corrected chi connectivity index (χ2v) is 6.70. The first-order chi connectivity index (χ1) is 15.2. The molecule has 1 N–H and O–H groups in total. The highest BCUT2D eigenvalue weighted by Gasteiger charge is 2.13. The summed E-state index contributed by atoms with van der Waals surface area (Å²) in [4.78, 5) is 28.6. The zero-order valence-electron chi connectivity index (χ0n) is 16.6. The Hall–Kier alpha value is -4.13. The minimum atomic E-state index is -0.508. The zero-order chi connectivity index (χ0) is 21.5. The Morgan fingerprint density at radius 2 is 1.65 bits per heavy atom. The first kappa shape index (κ1) is 20.2. The van der Waals surface area contributed by atoms with Crippen molar-refractivity contribution in [3.05, 3.63) is 84.8 Å². The predicted molar refractivity (Wildman–Crippen MR) is 115 cm³/mol. The minimum Gasteiger partial charge on any atom is -0.456 e. The van der Waals surface area contributed by atoms with E-state index in [4.69, 9.17) is 13.9 Å². The van der Waals surface area contributed by atoms with Crippen molar-refractivity contribution in [2.75, 3.05) is 11.9 Å². The lowest BCUT2D eigenvalue weighted by Crippen LogP contribution is -2.21. The summed E-state index contributed by atoms with van der Waals surface area (Å²) < 4.78 is 16.5. The number of hydrogen-bond donors (Lipinski definition) is 1. The highest BCUT2D eigenvalue weighted by molar-refractivity contribution is 5.94. The lowest BCUT2D eigenvalue weighted by Gasteiger charge is -2.12. The third kappa shape index (κ3) is 5.48. The number of benzene rings is 3. The second kappa shape index (κ2) is 9.58. The Morgan fingerprint density at radius 1 is 0.903 bits per heavy atom. The van der Waals surface area contributed by atoms with Crippen LogP contribution in [0.1, 0.15) is 12.3 Å². The lowest BCUT2D eigenvalue weighted by atomic mass is 10.3. The summed E-state index contributed by atoms with van der Waals surface area (Å²) in [5, 5.41) is 2.71. The number of ether oxygens (including phenoxy) is 2. The molecule has 1 amide bonds. The molecule has 0 fully saturated rings. The van der Waals surface area contributed by atoms with Gasteiger partial charge >= 0.3 is 5.97 Å². The molecule has 0 atom stereocenters. The molecular weight excluding hydrogens is 396 g/mol. The van der Waals surface area contributed by atoms with E-state index < -0.39 is 18.5 Å². The quantitative estimate of drug-likeness (QED) is 0.418. The maximum absolute atomic E-state index is 12.2. The fourth-order valence-electron chi connectivity index (χ4n) is 2.91. The molecule has 7 nitrogen and oxygen atoms in total. The van der Waals surface area contributed by atoms with Gasteiger partial charge in [-0.1, -0.05) is 42.5 Å². The summed E-state index contributed by atoms with van der Waals surface area (Å²) in [6, 6.07) is 23.7. The zero-order valence-corrected chi connectivity index (χ0v) is 16.6. The van der Waals surface area contributed by atoms with E-state index in [-0.39, 0.29) is 6.42 Å². The van der Waals surface area contributed by atoms with Gasteiger partial charge in [0.15, 0.2) is 23.8 Å². The van der Waals surface area contributed by atoms with Crippen LogP contribution in [0.15, 0.2) is 83.3 Å². The van der Waals surface area contributed by atoms with Crippen LogP contribution >= 0.6 is 0 Å². The van der Waals surface area contributed by atoms with Crippen molar-refractivity contribution in [3.8, 4) is 11.5 Å². The molecule has 156 valence electrons. The molecule has 0 spiro atoms. The molecule has 0 saturated carbocycles. The van der Waals surface area contributed by atoms with Gasteiger partial charge in [0.2, 0.25) is 0 Å². The fourth-order valence-corrected chi connectivity index (χ4v) is 2.91. The number of carbonyl (C=O) groups excluding carboxylic acids is 2. The molecule has 4 rings (SSSR count). The highest BCUT2D eigenvalue weighted by Crippen LogP contribution is 2.29. The summed E-state index contributed by atoms with van der Waals surface area (Å²) in [7, 11) is 0. The van der Waals surface area contributed by atoms with Gasteiger partial charge in [-0.05, 0) is 36.4 Å². The van der Waals surface area contributed by atoms with Crippen molar-refractivity contribution >= 4 is 28.7 Å². The summed E-state index contributed by atoms with van der Waals surface area (Å²) in [5.74, 6) is 0.624. The largest absolute Gasteiger partial charge is 0.456 e. The Labute approximate surface area is 178 Å². The average Bonchev–Trinajstić information content (AvgIpc) is 3.21. The summed E-state index contributed by atoms with van der Waals surface area (Å²) >= 11 is 0. The van der Waals surface area contributed by atoms with Gasteiger partial charge in [-0.3, -0.25) is 9.59 Å². The molecule has 0 radical (unpaired) electrons. The molecule has 0 aliphatic heterocycles. The van der Waals surface area contributed by atoms with E-state index in [2.05, 4.69) is 10.3 Å². The first-order valence-corrected chi connectivity index (χ1v) is 9.79. The van der Waals surface area contributed by atoms with Crippen LogP contribution in [-0.2, 0) is 20.7 Å². The molecule has 1 heterocycles. The first-order valence-electron chi connectivity index (χ1n) is 9.79. The molecule has 1 aromatic heterocycles. The van der Waals surface area contributed by atoms with E-state index in [1.54, 1.807) is 24.3 Å². The van der Waals surface area contributed by atoms with Gasteiger partial charge in [0.05, 0.1) is 12.1 Å². The number of aryl methyl sites for hydroxylation is 1. The maximum Gasteiger partial charge on any atom is 0.306 e. The number of carbonyl (C=O) groups is 2. The van der Waals surface area contributed by atoms with Crippen molar-refractivity contribution in [2.24, 2.45) is 0 Å². The minimum absolute atomic E-state index is 0.0633. The number of para-hydroxylation sites is 5. The number of amides is 1. The standard InChI is InChI=1S/C24H20N2O5/c27-22(25-18-10-4-6-12-20(18)30-17-8-2-1-3-9-17)16-29-24(28)15-14-23-26-19-11-5-7-13-21(19)31-23/h1-13H,14-16H2,(H,25,27). The molecule has 0 unspecified atom stereocenters. The number of hydrogen-bond acceptors (Lipinski definition) is 6. The normalized spacial score (nSPS) is 10.6. The fraction of sp³-hybridized carbons (Fsp3) is 0.125. The third-order valence-electron chi connectivity index (χ3n) is 4.38. The summed E-state index contributed by atoms with van der Waals surface area (Å²) in [6.45, 7) is -0.397. The van der Waals surface area contributed by atoms with Gasteiger partial charge in [0.25, 0.3) is 5.91 Å². The SMILES string of the molecule is O=C(COC(=O)CCc1nc2ccccc2o1)Nc1ccccc1Oc1ccccc1. The van der Waals surface area contributed by atoms with Crippen LogP contribution in [-0.4, -0.2) is 23.5 Å². The van der Waals surface area contributed by atoms with Gasteiger partial charge in [-0.2, -0.15) is 0 Å². The number of aromatic nitrogens is 1. The number of anilines is 1. The number of nitrogens with one attached hydrogen (secondary N) is 1. The monoisotopic (exact) mass is 416 g/mol. The maximum atomic E-state index is 12.2. The molecule has 0 aliphatic carbocycles. The van der Waals surface area contributed by atoms with Crippen LogP contribution in [0.25, 0.3) is 11.1 Å². The Balaban J connectivity index is 1.26. The van der Waals surface area contributed by atoms with Gasteiger partial charge in [-0.25, -0.2) is 4.98 Å². The number of nitrogens with zero attached hydrogens (tertiary/aromatic N) is 1. The number of esters is 1. The predicted octanol–water partition coefficient (Wildman–Crippen LogP) is 4.73. The lowest BCUT2D eigenvalue weighted by molar-refractivity contribution is -0.147. The molecule has 3 aromatic carbocycles. The Bertz CT molecular complexity index is 1150. The highest BCUT2D eigenvalue weighted by atomic mass is 16.5. The van der Waals surface area contributed by atoms with Gasteiger partial charge in [0.1, 0.15) is 11.3 Å². The van der Waals surface area contributed by atoms with E-state index in [1.807, 2.05) is 54.6 Å². The smallest absolute Gasteiger partial charge is 0.306 e. The average molecular weight is 416 g/mol. The summed E-state index contributed by atoms with van der Waals surface area (Å²) in [6.07, 6.45) is 0.358. The van der Waals surface area contributed by atoms with Crippen molar-refractivity contribution in [2.45, 2.75) is 12.8 Å². The number of fused-ring (bicyclic) bond motifs is 1. The molecule has 31 heavy (non-hydrogen) atoms. The van der Waals surface area contributed by atoms with E-state index in [0.717, 1.165) is 5.52 Å². The molecule has 0 aliphatic rings. The number of oxazole rings is 1. The Morgan fingerprint density at radius 3 is 2.48 bits per heavy atom. The van der Waals surface area contributed by atoms with Crippen LogP contribution in [0.5, 0.6) is 11.5 Å². The second-order valence-electron chi connectivity index (χ2n) is 6.70. The van der Waals surface area contributed by atoms with Gasteiger partial charge in [-0.15, -0.1) is 0 Å². The van der Waals surface area contributed by atoms with E-state index in [0.29, 0.717) is 35.1 Å². The topological polar surface area (TPSA) is 90.7 Å². The number of rotatable bonds is 8. The van der Waals surface area contributed by atoms with E-state index in [9.17, 15) is 9.59 Å². The van der Waals surface area contributed by atoms with Crippen LogP contribution in [0.2, 0.25) is 0 Å². The van der Waals surface area contributed by atoms with Crippen LogP contribution in [0.4, 0.5) is 5.69 Å². The van der Waals surface area contributed by atoms with Gasteiger partial charge < -0.3 is 19.2 Å². The van der Waals surface area contributed by atoms with E-state index in [1.165, 1.54) is 0 Å². The van der Waals surface area contributed by atoms with E-state index >= 15 is 0 Å². The summed E-state index contributed by atoms with van der Waals surface area (Å²) in [5.41, 5.74) is 1.89. The van der Waals surface area contributed by atoms with Crippen molar-refractivity contribution in [1.29, 1.82) is 0 Å². The molecular formula is C24H20N2O5.